The van der Waals surface area contributed by atoms with E-state index in [1.165, 1.54) is 4.90 Å². The summed E-state index contributed by atoms with van der Waals surface area (Å²) in [5, 5.41) is 12.4. The Hall–Kier alpha value is -2.41. The van der Waals surface area contributed by atoms with Gasteiger partial charge in [-0.2, -0.15) is 0 Å². The molecule has 0 aliphatic rings. The lowest BCUT2D eigenvalue weighted by Crippen LogP contribution is -2.68. The number of ether oxygens (including phenoxy) is 1. The molecule has 0 heterocycles. The molecule has 2 atom stereocenters. The molecule has 2 aromatic carbocycles. The zero-order valence-corrected chi connectivity index (χ0v) is 22.7. The summed E-state index contributed by atoms with van der Waals surface area (Å²) < 4.78 is 12.6. The van der Waals surface area contributed by atoms with E-state index in [-0.39, 0.29) is 24.1 Å². The quantitative estimate of drug-likeness (QED) is 0.419. The number of aliphatic hydroxyl groups is 1. The summed E-state index contributed by atoms with van der Waals surface area (Å²) in [4.78, 5) is 14.1. The van der Waals surface area contributed by atoms with E-state index in [1.54, 1.807) is 13.1 Å². The highest BCUT2D eigenvalue weighted by molar-refractivity contribution is 6.99. The summed E-state index contributed by atoms with van der Waals surface area (Å²) in [6, 6.07) is 20.7. The van der Waals surface area contributed by atoms with Gasteiger partial charge in [-0.05, 0) is 36.2 Å². The predicted octanol–water partition coefficient (Wildman–Crippen LogP) is 4.59. The molecule has 34 heavy (non-hydrogen) atoms. The lowest BCUT2D eigenvalue weighted by molar-refractivity contribution is 0.0193. The number of hydrogen-bond acceptors (Lipinski definition) is 4. The van der Waals surface area contributed by atoms with E-state index in [9.17, 15) is 9.90 Å². The first kappa shape index (κ1) is 27.8. The van der Waals surface area contributed by atoms with E-state index in [1.807, 2.05) is 57.2 Å². The fourth-order valence-corrected chi connectivity index (χ4v) is 8.98. The molecular weight excluding hydrogens is 442 g/mol. The SMILES string of the molecule is C=C[C@@H](O[Si](c1ccccc1)(c1ccccc1)C(C)(C)C)[C@H](CO)CN(C)C(=O)OC(C)(C)C. The fourth-order valence-electron chi connectivity index (χ4n) is 4.26. The van der Waals surface area contributed by atoms with Crippen LogP contribution in [0.25, 0.3) is 0 Å². The van der Waals surface area contributed by atoms with Gasteiger partial charge in [0.2, 0.25) is 0 Å². The van der Waals surface area contributed by atoms with Crippen molar-refractivity contribution in [2.75, 3.05) is 20.2 Å². The van der Waals surface area contributed by atoms with Crippen molar-refractivity contribution in [3.63, 3.8) is 0 Å². The normalized spacial score (nSPS) is 14.2. The van der Waals surface area contributed by atoms with Crippen LogP contribution in [-0.4, -0.2) is 56.3 Å². The number of aliphatic hydroxyl groups excluding tert-OH is 1. The topological polar surface area (TPSA) is 59.0 Å². The Morgan fingerprint density at radius 3 is 1.82 bits per heavy atom. The standard InChI is InChI=1S/C28H41NO4Si/c1-9-25(22(21-30)20-29(8)26(31)32-27(2,3)4)33-34(28(5,6)7,23-16-12-10-13-17-23)24-18-14-11-15-19-24/h9-19,22,25,30H,1,20-21H2,2-8H3/t22-,25+/m0/s1. The fraction of sp³-hybridized carbons (Fsp3) is 0.464. The Bertz CT molecular complexity index is 879. The number of carbonyl (C=O) groups excluding carboxylic acids is 1. The summed E-state index contributed by atoms with van der Waals surface area (Å²) >= 11 is 0. The molecule has 1 N–H and O–H groups in total. The van der Waals surface area contributed by atoms with Crippen LogP contribution in [0.3, 0.4) is 0 Å². The Labute approximate surface area is 206 Å². The van der Waals surface area contributed by atoms with Crippen molar-refractivity contribution < 1.29 is 19.1 Å². The molecule has 0 saturated carbocycles. The number of amides is 1. The first-order valence-electron chi connectivity index (χ1n) is 11.8. The summed E-state index contributed by atoms with van der Waals surface area (Å²) in [5.41, 5.74) is -0.594. The van der Waals surface area contributed by atoms with Gasteiger partial charge in [0.15, 0.2) is 0 Å². The van der Waals surface area contributed by atoms with Crippen molar-refractivity contribution in [1.82, 2.24) is 4.90 Å². The molecule has 0 radical (unpaired) electrons. The van der Waals surface area contributed by atoms with Crippen LogP contribution in [0.1, 0.15) is 41.5 Å². The van der Waals surface area contributed by atoms with E-state index in [2.05, 4.69) is 51.6 Å². The predicted molar refractivity (Wildman–Crippen MR) is 142 cm³/mol. The molecule has 0 aliphatic carbocycles. The number of nitrogens with zero attached hydrogens (tertiary/aromatic N) is 1. The molecular formula is C28H41NO4Si. The van der Waals surface area contributed by atoms with E-state index in [0.717, 1.165) is 10.4 Å². The van der Waals surface area contributed by atoms with Gasteiger partial charge in [0.05, 0.1) is 12.7 Å². The highest BCUT2D eigenvalue weighted by Gasteiger charge is 2.51. The Morgan fingerprint density at radius 2 is 1.47 bits per heavy atom. The molecule has 0 fully saturated rings. The van der Waals surface area contributed by atoms with Crippen LogP contribution >= 0.6 is 0 Å². The summed E-state index contributed by atoms with van der Waals surface area (Å²) in [6.45, 7) is 16.3. The van der Waals surface area contributed by atoms with Gasteiger partial charge in [0.1, 0.15) is 5.60 Å². The minimum absolute atomic E-state index is 0.151. The second kappa shape index (κ2) is 11.3. The van der Waals surface area contributed by atoms with Gasteiger partial charge >= 0.3 is 6.09 Å². The molecule has 5 nitrogen and oxygen atoms in total. The number of rotatable bonds is 9. The Kier molecular flexibility index (Phi) is 9.28. The highest BCUT2D eigenvalue weighted by atomic mass is 28.4. The van der Waals surface area contributed by atoms with Crippen molar-refractivity contribution >= 4 is 24.8 Å². The number of hydrogen-bond donors (Lipinski definition) is 1. The molecule has 0 saturated heterocycles. The van der Waals surface area contributed by atoms with E-state index < -0.39 is 26.1 Å². The molecule has 1 amide bonds. The average molecular weight is 484 g/mol. The first-order chi connectivity index (χ1) is 15.9. The second-order valence-electron chi connectivity index (χ2n) is 10.8. The summed E-state index contributed by atoms with van der Waals surface area (Å²) in [7, 11) is -1.17. The molecule has 2 rings (SSSR count). The molecule has 6 heteroatoms. The van der Waals surface area contributed by atoms with Gasteiger partial charge in [-0.3, -0.25) is 0 Å². The van der Waals surface area contributed by atoms with E-state index in [0.29, 0.717) is 0 Å². The molecule has 0 spiro atoms. The van der Waals surface area contributed by atoms with Gasteiger partial charge in [-0.15, -0.1) is 6.58 Å². The minimum atomic E-state index is -2.85. The Balaban J connectivity index is 2.49. The van der Waals surface area contributed by atoms with Gasteiger partial charge in [-0.25, -0.2) is 4.79 Å². The third-order valence-corrected chi connectivity index (χ3v) is 10.9. The summed E-state index contributed by atoms with van der Waals surface area (Å²) in [5.74, 6) is -0.364. The van der Waals surface area contributed by atoms with Crippen molar-refractivity contribution in [3.8, 4) is 0 Å². The number of benzene rings is 2. The maximum atomic E-state index is 12.6. The van der Waals surface area contributed by atoms with Crippen molar-refractivity contribution in [2.45, 2.75) is 58.3 Å². The van der Waals surface area contributed by atoms with Crippen molar-refractivity contribution in [2.24, 2.45) is 5.92 Å². The lowest BCUT2D eigenvalue weighted by atomic mass is 10.0. The lowest BCUT2D eigenvalue weighted by Gasteiger charge is -2.46. The molecule has 2 aromatic rings. The van der Waals surface area contributed by atoms with Gasteiger partial charge in [0.25, 0.3) is 8.32 Å². The van der Waals surface area contributed by atoms with Crippen LogP contribution in [0, 0.1) is 5.92 Å². The van der Waals surface area contributed by atoms with Crippen molar-refractivity contribution in [1.29, 1.82) is 0 Å². The molecule has 186 valence electrons. The summed E-state index contributed by atoms with van der Waals surface area (Å²) in [6.07, 6.45) is 0.851. The van der Waals surface area contributed by atoms with Gasteiger partial charge in [0, 0.05) is 19.5 Å². The van der Waals surface area contributed by atoms with Gasteiger partial charge < -0.3 is 19.2 Å². The van der Waals surface area contributed by atoms with Crippen LogP contribution in [0.4, 0.5) is 4.79 Å². The first-order valence-corrected chi connectivity index (χ1v) is 13.7. The zero-order valence-electron chi connectivity index (χ0n) is 21.7. The maximum absolute atomic E-state index is 12.6. The third kappa shape index (κ3) is 6.59. The van der Waals surface area contributed by atoms with Crippen LogP contribution in [0.15, 0.2) is 73.3 Å². The average Bonchev–Trinajstić information content (AvgIpc) is 2.77. The number of carbonyl (C=O) groups is 1. The van der Waals surface area contributed by atoms with Crippen LogP contribution in [-0.2, 0) is 9.16 Å². The zero-order chi connectivity index (χ0) is 25.6. The van der Waals surface area contributed by atoms with Crippen LogP contribution in [0.5, 0.6) is 0 Å². The van der Waals surface area contributed by atoms with E-state index in [4.69, 9.17) is 9.16 Å². The van der Waals surface area contributed by atoms with Crippen LogP contribution in [0.2, 0.25) is 5.04 Å². The van der Waals surface area contributed by atoms with Gasteiger partial charge in [-0.1, -0.05) is 87.5 Å². The smallest absolute Gasteiger partial charge is 0.410 e. The molecule has 0 unspecified atom stereocenters. The highest BCUT2D eigenvalue weighted by Crippen LogP contribution is 2.38. The molecule has 0 bridgehead atoms. The third-order valence-electron chi connectivity index (χ3n) is 5.87. The Morgan fingerprint density at radius 1 is 1.00 bits per heavy atom. The minimum Gasteiger partial charge on any atom is -0.444 e. The maximum Gasteiger partial charge on any atom is 0.410 e. The second-order valence-corrected chi connectivity index (χ2v) is 15.0. The largest absolute Gasteiger partial charge is 0.444 e. The molecule has 0 aromatic heterocycles. The van der Waals surface area contributed by atoms with E-state index >= 15 is 0 Å². The molecule has 0 aliphatic heterocycles. The van der Waals surface area contributed by atoms with Crippen LogP contribution < -0.4 is 10.4 Å². The van der Waals surface area contributed by atoms with Crippen molar-refractivity contribution in [3.05, 3.63) is 73.3 Å². The monoisotopic (exact) mass is 483 g/mol.